The number of azide groups is 1. The summed E-state index contributed by atoms with van der Waals surface area (Å²) >= 11 is 3.50. The molecule has 1 amide bonds. The molecule has 11 nitrogen and oxygen atoms in total. The Bertz CT molecular complexity index is 1460. The highest BCUT2D eigenvalue weighted by Crippen LogP contribution is 2.44. The molecule has 1 saturated heterocycles. The van der Waals surface area contributed by atoms with E-state index in [1.54, 1.807) is 24.3 Å². The Kier molecular flexibility index (Phi) is 9.73. The number of ether oxygens (including phenoxy) is 3. The summed E-state index contributed by atoms with van der Waals surface area (Å²) in [6.45, 7) is 2.53. The monoisotopic (exact) mass is 634 g/mol. The van der Waals surface area contributed by atoms with Crippen molar-refractivity contribution in [3.8, 4) is 5.75 Å². The van der Waals surface area contributed by atoms with Gasteiger partial charge in [-0.1, -0.05) is 57.4 Å². The van der Waals surface area contributed by atoms with E-state index in [1.807, 2.05) is 53.5 Å². The van der Waals surface area contributed by atoms with Crippen LogP contribution in [0, 0.1) is 0 Å². The van der Waals surface area contributed by atoms with Gasteiger partial charge in [0, 0.05) is 53.2 Å². The molecule has 218 valence electrons. The third-order valence-corrected chi connectivity index (χ3v) is 7.61. The van der Waals surface area contributed by atoms with Crippen LogP contribution < -0.4 is 10.2 Å². The van der Waals surface area contributed by atoms with Crippen molar-refractivity contribution in [1.82, 2.24) is 10.4 Å². The number of hydrogen-bond acceptors (Lipinski definition) is 8. The van der Waals surface area contributed by atoms with Gasteiger partial charge < -0.3 is 19.3 Å². The quantitative estimate of drug-likeness (QED) is 0.131. The molecule has 3 aromatic carbocycles. The first-order valence-corrected chi connectivity index (χ1v) is 14.4. The zero-order chi connectivity index (χ0) is 29.4. The largest absolute Gasteiger partial charge is 0.494 e. The van der Waals surface area contributed by atoms with Gasteiger partial charge in [0.05, 0.1) is 19.8 Å². The lowest BCUT2D eigenvalue weighted by Crippen LogP contribution is -2.57. The van der Waals surface area contributed by atoms with Crippen LogP contribution in [-0.4, -0.2) is 67.0 Å². The van der Waals surface area contributed by atoms with E-state index in [9.17, 15) is 10.3 Å². The van der Waals surface area contributed by atoms with Crippen molar-refractivity contribution < 1.29 is 24.1 Å². The molecule has 42 heavy (non-hydrogen) atoms. The van der Waals surface area contributed by atoms with E-state index in [1.165, 1.54) is 0 Å². The molecule has 0 aliphatic carbocycles. The van der Waals surface area contributed by atoms with Crippen molar-refractivity contribution in [2.75, 3.05) is 39.5 Å². The molecule has 0 aromatic heterocycles. The normalized spacial score (nSPS) is 20.2. The zero-order valence-corrected chi connectivity index (χ0v) is 24.4. The maximum atomic E-state index is 14.4. The van der Waals surface area contributed by atoms with Crippen molar-refractivity contribution in [2.45, 2.75) is 24.5 Å². The summed E-state index contributed by atoms with van der Waals surface area (Å²) < 4.78 is 18.6. The minimum atomic E-state index is -1.45. The van der Waals surface area contributed by atoms with Crippen LogP contribution in [0.25, 0.3) is 10.4 Å². The minimum Gasteiger partial charge on any atom is -0.494 e. The van der Waals surface area contributed by atoms with Crippen LogP contribution in [0.3, 0.4) is 0 Å². The number of amides is 1. The average molecular weight is 636 g/mol. The number of hydrazine groups is 1. The number of carbonyl (C=O) groups excluding carboxylic acids is 1. The number of carbonyl (C=O) groups is 1. The van der Waals surface area contributed by atoms with E-state index in [4.69, 9.17) is 24.3 Å². The van der Waals surface area contributed by atoms with Crippen molar-refractivity contribution in [1.29, 1.82) is 0 Å². The van der Waals surface area contributed by atoms with Gasteiger partial charge >= 0.3 is 0 Å². The van der Waals surface area contributed by atoms with Crippen LogP contribution in [-0.2, 0) is 20.7 Å². The van der Waals surface area contributed by atoms with Gasteiger partial charge in [0.1, 0.15) is 5.75 Å². The highest BCUT2D eigenvalue weighted by Gasteiger charge is 2.54. The van der Waals surface area contributed by atoms with Crippen molar-refractivity contribution in [3.63, 3.8) is 0 Å². The molecule has 2 atom stereocenters. The SMILES string of the molecule is [N-]=[N+]=Nc1ccccc1C[C@]1(C(=O)NN2CCOCC2)N=C(c2ccc(OCCCO)cc2)O[C@H]1c1ccc(Br)cc1. The summed E-state index contributed by atoms with van der Waals surface area (Å²) in [5.41, 5.74) is 13.4. The molecule has 0 bridgehead atoms. The number of aliphatic imine (C=N–C) groups is 1. The molecule has 2 aliphatic rings. The first-order valence-electron chi connectivity index (χ1n) is 13.7. The Morgan fingerprint density at radius 2 is 1.88 bits per heavy atom. The molecular formula is C30H31BrN6O5. The van der Waals surface area contributed by atoms with Crippen LogP contribution >= 0.6 is 15.9 Å². The Morgan fingerprint density at radius 1 is 1.14 bits per heavy atom. The number of rotatable bonds is 11. The number of nitrogens with one attached hydrogen (secondary N) is 1. The van der Waals surface area contributed by atoms with Crippen LogP contribution in [0.15, 0.2) is 87.4 Å². The van der Waals surface area contributed by atoms with Gasteiger partial charge in [-0.05, 0) is 53.1 Å². The van der Waals surface area contributed by atoms with Gasteiger partial charge in [0.15, 0.2) is 11.6 Å². The topological polar surface area (TPSA) is 141 Å². The van der Waals surface area contributed by atoms with Crippen molar-refractivity contribution in [3.05, 3.63) is 104 Å². The number of halogens is 1. The fourth-order valence-electron chi connectivity index (χ4n) is 4.93. The van der Waals surface area contributed by atoms with Crippen molar-refractivity contribution in [2.24, 2.45) is 10.1 Å². The van der Waals surface area contributed by atoms with Crippen LogP contribution in [0.5, 0.6) is 5.75 Å². The molecule has 0 saturated carbocycles. The Morgan fingerprint density at radius 3 is 2.60 bits per heavy atom. The number of aliphatic hydroxyl groups is 1. The van der Waals surface area contributed by atoms with Crippen LogP contribution in [0.4, 0.5) is 5.69 Å². The molecule has 3 aromatic rings. The predicted molar refractivity (Wildman–Crippen MR) is 160 cm³/mol. The van der Waals surface area contributed by atoms with Gasteiger partial charge in [-0.2, -0.15) is 0 Å². The Balaban J connectivity index is 1.59. The Hall–Kier alpha value is -3.93. The number of aliphatic hydroxyl groups excluding tert-OH is 1. The van der Waals surface area contributed by atoms with E-state index in [-0.39, 0.29) is 18.9 Å². The third-order valence-electron chi connectivity index (χ3n) is 7.08. The maximum absolute atomic E-state index is 14.4. The number of hydrogen-bond donors (Lipinski definition) is 2. The molecule has 0 spiro atoms. The van der Waals surface area contributed by atoms with Crippen molar-refractivity contribution >= 4 is 33.4 Å². The van der Waals surface area contributed by atoms with E-state index in [2.05, 4.69) is 31.4 Å². The Labute approximate surface area is 251 Å². The third kappa shape index (κ3) is 6.75. The average Bonchev–Trinajstić information content (AvgIpc) is 3.40. The summed E-state index contributed by atoms with van der Waals surface area (Å²) in [4.78, 5) is 22.4. The molecule has 12 heteroatoms. The summed E-state index contributed by atoms with van der Waals surface area (Å²) in [7, 11) is 0. The molecule has 5 rings (SSSR count). The number of nitrogens with zero attached hydrogens (tertiary/aromatic N) is 5. The minimum absolute atomic E-state index is 0.0532. The summed E-state index contributed by atoms with van der Waals surface area (Å²) in [6.07, 6.45) is -0.142. The molecule has 2 heterocycles. The van der Waals surface area contributed by atoms with Crippen LogP contribution in [0.2, 0.25) is 0 Å². The second kappa shape index (κ2) is 13.8. The molecule has 0 unspecified atom stereocenters. The van der Waals surface area contributed by atoms with Gasteiger partial charge in [-0.3, -0.25) is 10.2 Å². The standard InChI is InChI=1S/C30H31BrN6O5/c31-24-10-6-21(7-11-24)27-30(29(39)35-37-14-18-40-19-15-37,20-23-4-1-2-5-26(23)34-36-32)33-28(42-27)22-8-12-25(13-9-22)41-17-3-16-38/h1-2,4-13,27,38H,3,14-20H2,(H,35,39)/t27-,30-/m0/s1. The first-order chi connectivity index (χ1) is 20.5. The predicted octanol–water partition coefficient (Wildman–Crippen LogP) is 5.02. The van der Waals surface area contributed by atoms with E-state index in [0.717, 1.165) is 10.0 Å². The van der Waals surface area contributed by atoms with E-state index >= 15 is 0 Å². The second-order valence-corrected chi connectivity index (χ2v) is 10.8. The van der Waals surface area contributed by atoms with Crippen LogP contribution in [0.1, 0.15) is 29.2 Å². The maximum Gasteiger partial charge on any atom is 0.266 e. The fraction of sp³-hybridized carbons (Fsp3) is 0.333. The smallest absolute Gasteiger partial charge is 0.266 e. The molecule has 2 aliphatic heterocycles. The fourth-order valence-corrected chi connectivity index (χ4v) is 5.20. The number of morpholine rings is 1. The first kappa shape index (κ1) is 29.6. The lowest BCUT2D eigenvalue weighted by atomic mass is 9.81. The van der Waals surface area contributed by atoms with Gasteiger partial charge in [0.25, 0.3) is 5.91 Å². The summed E-state index contributed by atoms with van der Waals surface area (Å²) in [5, 5.41) is 14.7. The molecular weight excluding hydrogens is 604 g/mol. The molecule has 1 fully saturated rings. The lowest BCUT2D eigenvalue weighted by molar-refractivity contribution is -0.136. The summed E-state index contributed by atoms with van der Waals surface area (Å²) in [6, 6.07) is 22.0. The van der Waals surface area contributed by atoms with E-state index in [0.29, 0.717) is 67.8 Å². The van der Waals surface area contributed by atoms with E-state index < -0.39 is 11.6 Å². The highest BCUT2D eigenvalue weighted by atomic mass is 79.9. The molecule has 0 radical (unpaired) electrons. The van der Waals surface area contributed by atoms with Gasteiger partial charge in [0.2, 0.25) is 5.90 Å². The second-order valence-electron chi connectivity index (χ2n) is 9.88. The van der Waals surface area contributed by atoms with Gasteiger partial charge in [-0.25, -0.2) is 10.0 Å². The van der Waals surface area contributed by atoms with Gasteiger partial charge in [-0.15, -0.1) is 0 Å². The highest BCUT2D eigenvalue weighted by molar-refractivity contribution is 9.10. The zero-order valence-electron chi connectivity index (χ0n) is 22.9. The summed E-state index contributed by atoms with van der Waals surface area (Å²) in [5.74, 6) is 0.616. The molecule has 2 N–H and O–H groups in total. The number of benzene rings is 3. The lowest BCUT2D eigenvalue weighted by Gasteiger charge is -2.34.